The molecule has 6 nitrogen and oxygen atoms in total. The third-order valence-corrected chi connectivity index (χ3v) is 4.93. The van der Waals surface area contributed by atoms with E-state index in [4.69, 9.17) is 11.6 Å². The molecule has 0 spiro atoms. The smallest absolute Gasteiger partial charge is 0.253 e. The molecule has 1 aromatic carbocycles. The fourth-order valence-corrected chi connectivity index (χ4v) is 3.27. The van der Waals surface area contributed by atoms with Crippen LogP contribution in [0.25, 0.3) is 5.78 Å². The van der Waals surface area contributed by atoms with E-state index in [1.165, 1.54) is 10.6 Å². The van der Waals surface area contributed by atoms with E-state index in [9.17, 15) is 14.3 Å². The number of hydrogen-bond acceptors (Lipinski definition) is 6. The molecule has 130 valence electrons. The quantitative estimate of drug-likeness (QED) is 0.630. The Labute approximate surface area is 152 Å². The molecule has 3 aromatic rings. The summed E-state index contributed by atoms with van der Waals surface area (Å²) in [6.45, 7) is 3.63. The van der Waals surface area contributed by atoms with Gasteiger partial charge < -0.3 is 9.90 Å². The second-order valence-electron chi connectivity index (χ2n) is 5.41. The number of aromatic nitrogens is 4. The number of nitrogens with zero attached hydrogens (tertiary/aromatic N) is 4. The molecular formula is C16H13ClFN4O2S-. The van der Waals surface area contributed by atoms with Gasteiger partial charge in [0.2, 0.25) is 5.16 Å². The first-order valence-corrected chi connectivity index (χ1v) is 8.71. The molecule has 0 fully saturated rings. The third kappa shape index (κ3) is 3.59. The van der Waals surface area contributed by atoms with Crippen LogP contribution in [0.3, 0.4) is 0 Å². The van der Waals surface area contributed by atoms with Crippen molar-refractivity contribution in [1.82, 2.24) is 19.6 Å². The van der Waals surface area contributed by atoms with Crippen molar-refractivity contribution in [2.45, 2.75) is 25.4 Å². The summed E-state index contributed by atoms with van der Waals surface area (Å²) >= 11 is 7.07. The summed E-state index contributed by atoms with van der Waals surface area (Å²) in [5.41, 5.74) is 2.62. The lowest BCUT2D eigenvalue weighted by Gasteiger charge is -2.12. The molecule has 0 aliphatic carbocycles. The van der Waals surface area contributed by atoms with E-state index in [1.807, 2.05) is 6.92 Å². The lowest BCUT2D eigenvalue weighted by molar-refractivity contribution is -0.301. The molecule has 0 bridgehead atoms. The standard InChI is InChI=1S/C16H14ClFN4O2S/c1-8-10(6-11-12(17)4-3-5-13(11)18)9(2)22-15(19-8)20-16(21-22)25-7-14(23)24/h3-5H,6-7H2,1-2H3,(H,23,24)/p-1. The Morgan fingerprint density at radius 1 is 1.32 bits per heavy atom. The van der Waals surface area contributed by atoms with Crippen molar-refractivity contribution in [3.63, 3.8) is 0 Å². The fraction of sp³-hybridized carbons (Fsp3) is 0.250. The molecule has 0 aliphatic rings. The zero-order valence-corrected chi connectivity index (χ0v) is 15.0. The van der Waals surface area contributed by atoms with E-state index >= 15 is 0 Å². The molecule has 25 heavy (non-hydrogen) atoms. The second kappa shape index (κ2) is 6.97. The Bertz CT molecular complexity index is 956. The van der Waals surface area contributed by atoms with E-state index in [2.05, 4.69) is 15.1 Å². The van der Waals surface area contributed by atoms with Crippen LogP contribution in [0, 0.1) is 19.7 Å². The van der Waals surface area contributed by atoms with Crippen molar-refractivity contribution in [3.8, 4) is 0 Å². The van der Waals surface area contributed by atoms with Crippen molar-refractivity contribution < 1.29 is 14.3 Å². The van der Waals surface area contributed by atoms with Crippen LogP contribution in [0.4, 0.5) is 4.39 Å². The number of halogens is 2. The normalized spacial score (nSPS) is 11.2. The highest BCUT2D eigenvalue weighted by Crippen LogP contribution is 2.25. The van der Waals surface area contributed by atoms with Crippen molar-refractivity contribution in [2.75, 3.05) is 5.75 Å². The second-order valence-corrected chi connectivity index (χ2v) is 6.75. The van der Waals surface area contributed by atoms with E-state index in [1.54, 1.807) is 19.1 Å². The summed E-state index contributed by atoms with van der Waals surface area (Å²) in [6, 6.07) is 4.56. The molecule has 0 saturated heterocycles. The first-order valence-electron chi connectivity index (χ1n) is 7.35. The summed E-state index contributed by atoms with van der Waals surface area (Å²) in [5.74, 6) is -1.46. The van der Waals surface area contributed by atoms with Crippen LogP contribution in [-0.2, 0) is 11.2 Å². The number of carbonyl (C=O) groups excluding carboxylic acids is 1. The summed E-state index contributed by atoms with van der Waals surface area (Å²) in [7, 11) is 0. The van der Waals surface area contributed by atoms with Crippen LogP contribution in [0.1, 0.15) is 22.5 Å². The van der Waals surface area contributed by atoms with Gasteiger partial charge >= 0.3 is 0 Å². The highest BCUT2D eigenvalue weighted by Gasteiger charge is 2.17. The van der Waals surface area contributed by atoms with Gasteiger partial charge in [0.25, 0.3) is 5.78 Å². The van der Waals surface area contributed by atoms with Gasteiger partial charge in [-0.25, -0.2) is 13.9 Å². The molecule has 2 aromatic heterocycles. The van der Waals surface area contributed by atoms with Crippen LogP contribution >= 0.6 is 23.4 Å². The average molecular weight is 380 g/mol. The van der Waals surface area contributed by atoms with E-state index in [0.29, 0.717) is 27.2 Å². The number of carboxylic acid groups (broad SMARTS) is 1. The number of aliphatic carboxylic acids is 1. The fourth-order valence-electron chi connectivity index (χ4n) is 2.51. The minimum absolute atomic E-state index is 0.243. The highest BCUT2D eigenvalue weighted by molar-refractivity contribution is 7.99. The lowest BCUT2D eigenvalue weighted by atomic mass is 10.0. The maximum atomic E-state index is 14.1. The van der Waals surface area contributed by atoms with Crippen LogP contribution in [0.2, 0.25) is 5.02 Å². The summed E-state index contributed by atoms with van der Waals surface area (Å²) in [4.78, 5) is 19.2. The molecular weight excluding hydrogens is 367 g/mol. The van der Waals surface area contributed by atoms with Crippen molar-refractivity contribution in [1.29, 1.82) is 0 Å². The molecule has 0 amide bonds. The first-order chi connectivity index (χ1) is 11.9. The lowest BCUT2D eigenvalue weighted by Crippen LogP contribution is -2.24. The number of benzene rings is 1. The van der Waals surface area contributed by atoms with Crippen molar-refractivity contribution >= 4 is 35.1 Å². The minimum Gasteiger partial charge on any atom is -0.549 e. The topological polar surface area (TPSA) is 83.2 Å². The molecule has 0 radical (unpaired) electrons. The molecule has 3 rings (SSSR count). The van der Waals surface area contributed by atoms with Gasteiger partial charge in [0.05, 0.1) is 5.97 Å². The van der Waals surface area contributed by atoms with Crippen LogP contribution in [0.15, 0.2) is 23.4 Å². The predicted octanol–water partition coefficient (Wildman–Crippen LogP) is 1.97. The summed E-state index contributed by atoms with van der Waals surface area (Å²) in [5, 5.41) is 15.5. The number of aryl methyl sites for hydroxylation is 2. The maximum Gasteiger partial charge on any atom is 0.253 e. The number of thioether (sulfide) groups is 1. The minimum atomic E-state index is -1.19. The monoisotopic (exact) mass is 379 g/mol. The largest absolute Gasteiger partial charge is 0.549 e. The predicted molar refractivity (Wildman–Crippen MR) is 90.2 cm³/mol. The molecule has 0 unspecified atom stereocenters. The highest BCUT2D eigenvalue weighted by atomic mass is 35.5. The van der Waals surface area contributed by atoms with Gasteiger partial charge in [-0.15, -0.1) is 5.10 Å². The zero-order valence-electron chi connectivity index (χ0n) is 13.4. The number of carboxylic acids is 1. The van der Waals surface area contributed by atoms with Gasteiger partial charge in [-0.1, -0.05) is 29.4 Å². The van der Waals surface area contributed by atoms with Gasteiger partial charge in [-0.2, -0.15) is 4.98 Å². The molecule has 2 heterocycles. The Hall–Kier alpha value is -2.19. The number of rotatable bonds is 5. The molecule has 0 aliphatic heterocycles. The Morgan fingerprint density at radius 2 is 2.08 bits per heavy atom. The Kier molecular flexibility index (Phi) is 4.91. The van der Waals surface area contributed by atoms with Gasteiger partial charge in [0, 0.05) is 34.1 Å². The summed E-state index contributed by atoms with van der Waals surface area (Å²) in [6.07, 6.45) is 0.271. The van der Waals surface area contributed by atoms with E-state index in [0.717, 1.165) is 23.0 Å². The summed E-state index contributed by atoms with van der Waals surface area (Å²) < 4.78 is 15.6. The van der Waals surface area contributed by atoms with E-state index < -0.39 is 5.97 Å². The van der Waals surface area contributed by atoms with Crippen LogP contribution in [-0.4, -0.2) is 31.3 Å². The van der Waals surface area contributed by atoms with Gasteiger partial charge in [-0.3, -0.25) is 0 Å². The van der Waals surface area contributed by atoms with E-state index in [-0.39, 0.29) is 18.0 Å². The first kappa shape index (κ1) is 17.6. The van der Waals surface area contributed by atoms with Crippen molar-refractivity contribution in [2.24, 2.45) is 0 Å². The van der Waals surface area contributed by atoms with Gasteiger partial charge in [0.1, 0.15) is 5.82 Å². The SMILES string of the molecule is Cc1nc2nc(SCC(=O)[O-])nn2c(C)c1Cc1c(F)cccc1Cl. The number of carbonyl (C=O) groups is 1. The van der Waals surface area contributed by atoms with Gasteiger partial charge in [-0.05, 0) is 31.5 Å². The third-order valence-electron chi connectivity index (χ3n) is 3.76. The molecule has 0 saturated carbocycles. The molecule has 0 N–H and O–H groups in total. The maximum absolute atomic E-state index is 14.1. The van der Waals surface area contributed by atoms with Crippen LogP contribution < -0.4 is 5.11 Å². The van der Waals surface area contributed by atoms with Gasteiger partial charge in [0.15, 0.2) is 0 Å². The molecule has 0 atom stereocenters. The number of hydrogen-bond donors (Lipinski definition) is 0. The average Bonchev–Trinajstić information content (AvgIpc) is 2.95. The Morgan fingerprint density at radius 3 is 2.76 bits per heavy atom. The molecule has 9 heteroatoms. The number of fused-ring (bicyclic) bond motifs is 1. The zero-order chi connectivity index (χ0) is 18.1. The van der Waals surface area contributed by atoms with Crippen LogP contribution in [0.5, 0.6) is 0 Å². The van der Waals surface area contributed by atoms with Crippen molar-refractivity contribution in [3.05, 3.63) is 51.6 Å². The Balaban J connectivity index is 2.02.